The van der Waals surface area contributed by atoms with Crippen molar-refractivity contribution in [2.75, 3.05) is 19.8 Å². The van der Waals surface area contributed by atoms with Crippen LogP contribution < -0.4 is 14.2 Å². The summed E-state index contributed by atoms with van der Waals surface area (Å²) in [4.78, 5) is 49.7. The summed E-state index contributed by atoms with van der Waals surface area (Å²) in [6, 6.07) is 17.4. The highest BCUT2D eigenvalue weighted by Crippen LogP contribution is 2.35. The third-order valence-corrected chi connectivity index (χ3v) is 6.41. The van der Waals surface area contributed by atoms with Crippen molar-refractivity contribution in [1.82, 2.24) is 4.90 Å². The van der Waals surface area contributed by atoms with Crippen molar-refractivity contribution in [2.45, 2.75) is 13.8 Å². The number of carbonyl (C=O) groups is 3. The molecule has 0 N–H and O–H groups in total. The molecular formula is C28H24N2O8S. The number of ether oxygens (including phenoxy) is 3. The topological polar surface area (TPSA) is 125 Å². The summed E-state index contributed by atoms with van der Waals surface area (Å²) in [6.07, 6.45) is 1.56. The molecule has 0 aliphatic carbocycles. The number of esters is 1. The Morgan fingerprint density at radius 2 is 1.82 bits per heavy atom. The normalized spacial score (nSPS) is 14.0. The van der Waals surface area contributed by atoms with Crippen LogP contribution in [0.4, 0.5) is 10.5 Å². The van der Waals surface area contributed by atoms with Crippen molar-refractivity contribution in [1.29, 1.82) is 0 Å². The first-order valence-corrected chi connectivity index (χ1v) is 12.7. The Hall–Kier alpha value is -4.64. The molecule has 1 heterocycles. The van der Waals surface area contributed by atoms with Crippen LogP contribution in [-0.4, -0.2) is 46.7 Å². The zero-order valence-corrected chi connectivity index (χ0v) is 21.9. The van der Waals surface area contributed by atoms with Crippen LogP contribution in [0.1, 0.15) is 28.4 Å². The summed E-state index contributed by atoms with van der Waals surface area (Å²) < 4.78 is 16.7. The number of hydrogen-bond acceptors (Lipinski definition) is 9. The number of nitro benzene ring substituents is 1. The Kier molecular flexibility index (Phi) is 8.62. The van der Waals surface area contributed by atoms with E-state index in [1.807, 2.05) is 25.1 Å². The van der Waals surface area contributed by atoms with Crippen LogP contribution in [0.25, 0.3) is 6.08 Å². The van der Waals surface area contributed by atoms with Gasteiger partial charge in [0, 0.05) is 12.1 Å². The van der Waals surface area contributed by atoms with Crippen molar-refractivity contribution in [3.8, 4) is 17.2 Å². The number of imide groups is 1. The number of carbonyl (C=O) groups excluding carboxylic acids is 3. The average molecular weight is 549 g/mol. The van der Waals surface area contributed by atoms with Gasteiger partial charge in [0.2, 0.25) is 0 Å². The summed E-state index contributed by atoms with van der Waals surface area (Å²) in [7, 11) is 0. The summed E-state index contributed by atoms with van der Waals surface area (Å²) in [5.74, 6) is -0.228. The lowest BCUT2D eigenvalue weighted by atomic mass is 10.1. The van der Waals surface area contributed by atoms with E-state index >= 15 is 0 Å². The molecule has 1 aliphatic heterocycles. The molecule has 0 atom stereocenters. The second-order valence-corrected chi connectivity index (χ2v) is 9.33. The lowest BCUT2D eigenvalue weighted by Crippen LogP contribution is -2.32. The predicted molar refractivity (Wildman–Crippen MR) is 145 cm³/mol. The Morgan fingerprint density at radius 1 is 1.03 bits per heavy atom. The molecule has 0 aromatic heterocycles. The van der Waals surface area contributed by atoms with Crippen molar-refractivity contribution >= 4 is 40.6 Å². The maximum atomic E-state index is 12.9. The van der Waals surface area contributed by atoms with E-state index in [0.717, 1.165) is 28.3 Å². The van der Waals surface area contributed by atoms with Crippen molar-refractivity contribution in [3.63, 3.8) is 0 Å². The first-order chi connectivity index (χ1) is 18.7. The van der Waals surface area contributed by atoms with Crippen LogP contribution in [0.15, 0.2) is 71.6 Å². The van der Waals surface area contributed by atoms with Gasteiger partial charge in [0.05, 0.1) is 28.5 Å². The van der Waals surface area contributed by atoms with E-state index in [2.05, 4.69) is 0 Å². The number of thioether (sulfide) groups is 1. The average Bonchev–Trinajstić information content (AvgIpc) is 3.17. The lowest BCUT2D eigenvalue weighted by Gasteiger charge is -2.13. The van der Waals surface area contributed by atoms with Gasteiger partial charge >= 0.3 is 5.97 Å². The van der Waals surface area contributed by atoms with Crippen LogP contribution in [0.2, 0.25) is 0 Å². The van der Waals surface area contributed by atoms with Crippen molar-refractivity contribution in [2.24, 2.45) is 0 Å². The van der Waals surface area contributed by atoms with Crippen LogP contribution in [0.5, 0.6) is 17.2 Å². The molecule has 0 saturated carbocycles. The third-order valence-electron chi connectivity index (χ3n) is 5.51. The lowest BCUT2D eigenvalue weighted by molar-refractivity contribution is -0.384. The quantitative estimate of drug-likeness (QED) is 0.104. The van der Waals surface area contributed by atoms with Gasteiger partial charge in [-0.3, -0.25) is 24.6 Å². The van der Waals surface area contributed by atoms with Crippen LogP contribution in [0, 0.1) is 17.0 Å². The van der Waals surface area contributed by atoms with Crippen LogP contribution >= 0.6 is 11.8 Å². The third kappa shape index (κ3) is 6.82. The number of aryl methyl sites for hydroxylation is 1. The minimum Gasteiger partial charge on any atom is -0.492 e. The maximum Gasteiger partial charge on any atom is 0.343 e. The number of hydrogen-bond donors (Lipinski definition) is 0. The Morgan fingerprint density at radius 3 is 2.56 bits per heavy atom. The molecule has 3 aromatic rings. The molecule has 0 spiro atoms. The summed E-state index contributed by atoms with van der Waals surface area (Å²) in [5.41, 5.74) is 1.37. The van der Waals surface area contributed by atoms with E-state index in [1.165, 1.54) is 24.3 Å². The fraction of sp³-hybridized carbons (Fsp3) is 0.179. The fourth-order valence-corrected chi connectivity index (χ4v) is 4.54. The van der Waals surface area contributed by atoms with Crippen molar-refractivity contribution in [3.05, 3.63) is 98.4 Å². The highest BCUT2D eigenvalue weighted by Gasteiger charge is 2.34. The van der Waals surface area contributed by atoms with Gasteiger partial charge in [-0.1, -0.05) is 24.3 Å². The highest BCUT2D eigenvalue weighted by atomic mass is 32.2. The van der Waals surface area contributed by atoms with E-state index in [-0.39, 0.29) is 47.4 Å². The molecule has 0 bridgehead atoms. The highest BCUT2D eigenvalue weighted by molar-refractivity contribution is 8.18. The molecule has 3 aromatic carbocycles. The van der Waals surface area contributed by atoms with Gasteiger partial charge in [-0.2, -0.15) is 0 Å². The molecule has 2 amide bonds. The molecule has 1 saturated heterocycles. The minimum absolute atomic E-state index is 0.00998. The standard InChI is InChI=1S/C28H24N2O8S/c1-3-36-24-15-19(10-11-23(24)38-27(32)20-7-5-8-21(17-20)30(34)35)16-25-26(31)29(28(33)39-25)12-13-37-22-9-4-6-18(2)14-22/h4-11,14-17H,3,12-13H2,1-2H3/b25-16-. The molecule has 10 nitrogen and oxygen atoms in total. The summed E-state index contributed by atoms with van der Waals surface area (Å²) in [5, 5.41) is 10.6. The van der Waals surface area contributed by atoms with Crippen molar-refractivity contribution < 1.29 is 33.5 Å². The number of amides is 2. The van der Waals surface area contributed by atoms with Gasteiger partial charge in [-0.15, -0.1) is 0 Å². The zero-order chi connectivity index (χ0) is 27.9. The molecule has 200 valence electrons. The first kappa shape index (κ1) is 27.4. The fourth-order valence-electron chi connectivity index (χ4n) is 3.68. The molecule has 1 fully saturated rings. The molecule has 0 radical (unpaired) electrons. The van der Waals surface area contributed by atoms with E-state index in [1.54, 1.807) is 31.2 Å². The number of non-ortho nitro benzene ring substituents is 1. The van der Waals surface area contributed by atoms with E-state index < -0.39 is 22.0 Å². The van der Waals surface area contributed by atoms with E-state index in [4.69, 9.17) is 14.2 Å². The Labute approximate surface area is 228 Å². The molecule has 1 aliphatic rings. The van der Waals surface area contributed by atoms with Gasteiger partial charge in [0.25, 0.3) is 16.8 Å². The zero-order valence-electron chi connectivity index (χ0n) is 21.1. The van der Waals surface area contributed by atoms with E-state index in [9.17, 15) is 24.5 Å². The second-order valence-electron chi connectivity index (χ2n) is 8.33. The van der Waals surface area contributed by atoms with E-state index in [0.29, 0.717) is 11.3 Å². The molecule has 39 heavy (non-hydrogen) atoms. The van der Waals surface area contributed by atoms with Crippen LogP contribution in [-0.2, 0) is 4.79 Å². The maximum absolute atomic E-state index is 12.9. The number of nitrogens with zero attached hydrogens (tertiary/aromatic N) is 2. The Bertz CT molecular complexity index is 1470. The summed E-state index contributed by atoms with van der Waals surface area (Å²) >= 11 is 0.822. The Balaban J connectivity index is 1.45. The van der Waals surface area contributed by atoms with Gasteiger partial charge in [-0.05, 0) is 73.1 Å². The van der Waals surface area contributed by atoms with Gasteiger partial charge in [0.15, 0.2) is 11.5 Å². The smallest absolute Gasteiger partial charge is 0.343 e. The first-order valence-electron chi connectivity index (χ1n) is 11.9. The molecule has 4 rings (SSSR count). The minimum atomic E-state index is -0.790. The number of rotatable bonds is 10. The SMILES string of the molecule is CCOc1cc(/C=C2\SC(=O)N(CCOc3cccc(C)c3)C2=O)ccc1OC(=O)c1cccc([N+](=O)[O-])c1. The van der Waals surface area contributed by atoms with Gasteiger partial charge in [-0.25, -0.2) is 4.79 Å². The number of nitro groups is 1. The summed E-state index contributed by atoms with van der Waals surface area (Å²) in [6.45, 7) is 4.23. The predicted octanol–water partition coefficient (Wildman–Crippen LogP) is 5.64. The van der Waals surface area contributed by atoms with Gasteiger partial charge in [0.1, 0.15) is 12.4 Å². The monoisotopic (exact) mass is 548 g/mol. The van der Waals surface area contributed by atoms with Crippen LogP contribution in [0.3, 0.4) is 0 Å². The number of benzene rings is 3. The molecule has 0 unspecified atom stereocenters. The van der Waals surface area contributed by atoms with Gasteiger partial charge < -0.3 is 14.2 Å². The molecular weight excluding hydrogens is 524 g/mol. The largest absolute Gasteiger partial charge is 0.492 e. The molecule has 11 heteroatoms. The second kappa shape index (κ2) is 12.3.